The summed E-state index contributed by atoms with van der Waals surface area (Å²) in [6.45, 7) is 5.29. The minimum absolute atomic E-state index is 0.182. The van der Waals surface area contributed by atoms with E-state index in [2.05, 4.69) is 10.3 Å². The first kappa shape index (κ1) is 27.1. The third-order valence-electron chi connectivity index (χ3n) is 6.06. The van der Waals surface area contributed by atoms with Crippen molar-refractivity contribution in [1.29, 1.82) is 0 Å². The zero-order valence-corrected chi connectivity index (χ0v) is 23.2. The molecule has 0 saturated carbocycles. The number of amidine groups is 1. The van der Waals surface area contributed by atoms with Gasteiger partial charge in [-0.25, -0.2) is 4.99 Å². The van der Waals surface area contributed by atoms with Crippen LogP contribution in [-0.2, 0) is 18.0 Å². The molecule has 7 heteroatoms. The molecule has 0 aliphatic carbocycles. The van der Waals surface area contributed by atoms with Crippen LogP contribution in [0.4, 0.5) is 5.69 Å². The van der Waals surface area contributed by atoms with Crippen LogP contribution in [0.15, 0.2) is 107 Å². The normalized spacial score (nSPS) is 14.8. The summed E-state index contributed by atoms with van der Waals surface area (Å²) in [5.41, 5.74) is 4.79. The molecule has 1 amide bonds. The Morgan fingerprint density at radius 3 is 2.30 bits per heavy atom. The molecule has 0 atom stereocenters. The number of amides is 1. The second kappa shape index (κ2) is 13.0. The monoisotopic (exact) mass is 550 g/mol. The Morgan fingerprint density at radius 2 is 1.50 bits per heavy atom. The number of ether oxygens (including phenoxy) is 3. The Labute approximate surface area is 238 Å². The number of carbonyl (C=O) groups excluding carboxylic acids is 1. The van der Waals surface area contributed by atoms with Gasteiger partial charge in [0.15, 0.2) is 16.7 Å². The molecule has 202 valence electrons. The van der Waals surface area contributed by atoms with Crippen molar-refractivity contribution in [2.75, 3.05) is 6.61 Å². The van der Waals surface area contributed by atoms with Crippen molar-refractivity contribution in [3.63, 3.8) is 0 Å². The van der Waals surface area contributed by atoms with Crippen LogP contribution >= 0.6 is 11.8 Å². The van der Waals surface area contributed by atoms with Crippen LogP contribution in [0.2, 0.25) is 0 Å². The quantitative estimate of drug-likeness (QED) is 0.208. The van der Waals surface area contributed by atoms with Crippen molar-refractivity contribution in [2.45, 2.75) is 27.1 Å². The molecule has 4 aromatic rings. The average Bonchev–Trinajstić information content (AvgIpc) is 3.32. The van der Waals surface area contributed by atoms with E-state index in [1.54, 1.807) is 0 Å². The number of hydrogen-bond acceptors (Lipinski definition) is 6. The molecular formula is C33H30N2O4S. The van der Waals surface area contributed by atoms with Crippen LogP contribution in [0.3, 0.4) is 0 Å². The van der Waals surface area contributed by atoms with Gasteiger partial charge in [-0.1, -0.05) is 72.3 Å². The third-order valence-corrected chi connectivity index (χ3v) is 6.97. The van der Waals surface area contributed by atoms with Crippen molar-refractivity contribution in [3.05, 3.63) is 124 Å². The highest BCUT2D eigenvalue weighted by molar-refractivity contribution is 8.18. The predicted octanol–water partition coefficient (Wildman–Crippen LogP) is 7.44. The van der Waals surface area contributed by atoms with Gasteiger partial charge in [0.1, 0.15) is 19.0 Å². The van der Waals surface area contributed by atoms with Gasteiger partial charge in [-0.2, -0.15) is 0 Å². The van der Waals surface area contributed by atoms with Crippen LogP contribution in [0.1, 0.15) is 29.2 Å². The molecule has 1 aliphatic heterocycles. The molecule has 0 radical (unpaired) electrons. The predicted molar refractivity (Wildman–Crippen MR) is 161 cm³/mol. The molecule has 40 heavy (non-hydrogen) atoms. The smallest absolute Gasteiger partial charge is 0.264 e. The van der Waals surface area contributed by atoms with Crippen LogP contribution in [0, 0.1) is 6.92 Å². The van der Waals surface area contributed by atoms with Gasteiger partial charge in [0.05, 0.1) is 17.2 Å². The van der Waals surface area contributed by atoms with E-state index in [0.717, 1.165) is 27.9 Å². The van der Waals surface area contributed by atoms with Gasteiger partial charge in [0.25, 0.3) is 5.91 Å². The number of para-hydroxylation sites is 1. The lowest BCUT2D eigenvalue weighted by Gasteiger charge is -2.14. The molecule has 0 spiro atoms. The lowest BCUT2D eigenvalue weighted by Crippen LogP contribution is -2.19. The summed E-state index contributed by atoms with van der Waals surface area (Å²) < 4.78 is 18.1. The van der Waals surface area contributed by atoms with Crippen molar-refractivity contribution in [1.82, 2.24) is 5.32 Å². The Kier molecular flexibility index (Phi) is 8.83. The largest absolute Gasteiger partial charge is 0.490 e. The van der Waals surface area contributed by atoms with E-state index in [-0.39, 0.29) is 5.91 Å². The molecular weight excluding hydrogens is 520 g/mol. The fourth-order valence-electron chi connectivity index (χ4n) is 4.02. The van der Waals surface area contributed by atoms with Crippen molar-refractivity contribution < 1.29 is 19.0 Å². The molecule has 1 fully saturated rings. The molecule has 4 aromatic carbocycles. The molecule has 1 N–H and O–H groups in total. The lowest BCUT2D eigenvalue weighted by atomic mass is 10.1. The second-order valence-corrected chi connectivity index (χ2v) is 10.2. The molecule has 0 unspecified atom stereocenters. The lowest BCUT2D eigenvalue weighted by molar-refractivity contribution is -0.115. The Balaban J connectivity index is 1.27. The van der Waals surface area contributed by atoms with Crippen molar-refractivity contribution in [3.8, 4) is 17.2 Å². The number of aryl methyl sites for hydroxylation is 1. The summed E-state index contributed by atoms with van der Waals surface area (Å²) in [6.07, 6.45) is 1.83. The van der Waals surface area contributed by atoms with Crippen molar-refractivity contribution in [2.24, 2.45) is 4.99 Å². The van der Waals surface area contributed by atoms with Gasteiger partial charge in [-0.3, -0.25) is 4.79 Å². The topological polar surface area (TPSA) is 69.2 Å². The maximum absolute atomic E-state index is 12.7. The van der Waals surface area contributed by atoms with Gasteiger partial charge in [0.2, 0.25) is 0 Å². The maximum Gasteiger partial charge on any atom is 0.264 e. The van der Waals surface area contributed by atoms with E-state index in [0.29, 0.717) is 47.1 Å². The zero-order chi connectivity index (χ0) is 27.7. The van der Waals surface area contributed by atoms with Crippen LogP contribution in [-0.4, -0.2) is 17.7 Å². The minimum Gasteiger partial charge on any atom is -0.490 e. The summed E-state index contributed by atoms with van der Waals surface area (Å²) in [4.78, 5) is 17.8. The first-order valence-electron chi connectivity index (χ1n) is 13.1. The molecule has 0 aromatic heterocycles. The summed E-state index contributed by atoms with van der Waals surface area (Å²) >= 11 is 1.31. The van der Waals surface area contributed by atoms with Crippen LogP contribution in [0.25, 0.3) is 6.08 Å². The minimum atomic E-state index is -0.182. The number of nitrogens with zero attached hydrogens (tertiary/aromatic N) is 1. The summed E-state index contributed by atoms with van der Waals surface area (Å²) in [5, 5.41) is 3.40. The van der Waals surface area contributed by atoms with Crippen LogP contribution < -0.4 is 19.5 Å². The van der Waals surface area contributed by atoms with Gasteiger partial charge >= 0.3 is 0 Å². The molecule has 1 aliphatic rings. The average molecular weight is 551 g/mol. The number of aliphatic imine (C=N–C) groups is 1. The number of rotatable bonds is 10. The van der Waals surface area contributed by atoms with E-state index in [4.69, 9.17) is 14.2 Å². The fraction of sp³-hybridized carbons (Fsp3) is 0.152. The van der Waals surface area contributed by atoms with Gasteiger partial charge < -0.3 is 19.5 Å². The first-order valence-corrected chi connectivity index (χ1v) is 13.9. The standard InChI is InChI=1S/C33H30N2O4S/c1-3-37-30-19-25(15-18-29(30)39-21-24-9-5-4-6-10-24)22-38-28-12-8-7-11-26(28)20-31-32(36)35-33(40-31)34-27-16-13-23(2)14-17-27/h4-20H,3,21-22H2,1-2H3,(H,34,35,36)/b31-20+. The van der Waals surface area contributed by atoms with Gasteiger partial charge in [-0.15, -0.1) is 0 Å². The number of hydrogen-bond donors (Lipinski definition) is 1. The SMILES string of the molecule is CCOc1cc(COc2ccccc2/C=C2/SC(=Nc3ccc(C)cc3)NC2=O)ccc1OCc1ccccc1. The van der Waals surface area contributed by atoms with E-state index in [9.17, 15) is 4.79 Å². The van der Waals surface area contributed by atoms with E-state index < -0.39 is 0 Å². The molecule has 6 nitrogen and oxygen atoms in total. The summed E-state index contributed by atoms with van der Waals surface area (Å²) in [5.74, 6) is 1.86. The van der Waals surface area contributed by atoms with Crippen LogP contribution in [0.5, 0.6) is 17.2 Å². The highest BCUT2D eigenvalue weighted by atomic mass is 32.2. The molecule has 1 heterocycles. The summed E-state index contributed by atoms with van der Waals surface area (Å²) in [6, 6.07) is 31.4. The number of benzene rings is 4. The molecule has 0 bridgehead atoms. The Bertz CT molecular complexity index is 1530. The summed E-state index contributed by atoms with van der Waals surface area (Å²) in [7, 11) is 0. The molecule has 5 rings (SSSR count). The second-order valence-electron chi connectivity index (χ2n) is 9.13. The first-order chi connectivity index (χ1) is 19.6. The van der Waals surface area contributed by atoms with Gasteiger partial charge in [-0.05, 0) is 73.1 Å². The number of nitrogens with one attached hydrogen (secondary N) is 1. The third kappa shape index (κ3) is 7.12. The van der Waals surface area contributed by atoms with Gasteiger partial charge in [0, 0.05) is 5.56 Å². The Morgan fingerprint density at radius 1 is 0.775 bits per heavy atom. The van der Waals surface area contributed by atoms with E-state index >= 15 is 0 Å². The Hall–Kier alpha value is -4.49. The zero-order valence-electron chi connectivity index (χ0n) is 22.4. The molecule has 1 saturated heterocycles. The highest BCUT2D eigenvalue weighted by Crippen LogP contribution is 2.32. The highest BCUT2D eigenvalue weighted by Gasteiger charge is 2.24. The van der Waals surface area contributed by atoms with E-state index in [1.807, 2.05) is 117 Å². The van der Waals surface area contributed by atoms with Crippen molar-refractivity contribution >= 4 is 34.6 Å². The fourth-order valence-corrected chi connectivity index (χ4v) is 4.85. The van der Waals surface area contributed by atoms with E-state index in [1.165, 1.54) is 11.8 Å². The number of thioether (sulfide) groups is 1. The maximum atomic E-state index is 12.7. The number of carbonyl (C=O) groups is 1.